The van der Waals surface area contributed by atoms with Crippen LogP contribution in [0.15, 0.2) is 24.3 Å². The van der Waals surface area contributed by atoms with Crippen LogP contribution in [0.25, 0.3) is 0 Å². The Balaban J connectivity index is 2.60. The number of hydrogen-bond acceptors (Lipinski definition) is 1. The lowest BCUT2D eigenvalue weighted by atomic mass is 9.89. The summed E-state index contributed by atoms with van der Waals surface area (Å²) in [5.41, 5.74) is 1.31. The molecule has 1 unspecified atom stereocenters. The molecule has 1 aromatic rings. The van der Waals surface area contributed by atoms with Gasteiger partial charge in [-0.05, 0) is 36.5 Å². The smallest absolute Gasteiger partial charge is 0.115 e. The van der Waals surface area contributed by atoms with E-state index >= 15 is 0 Å². The molecule has 0 aliphatic carbocycles. The summed E-state index contributed by atoms with van der Waals surface area (Å²) in [7, 11) is 0. The van der Waals surface area contributed by atoms with Crippen LogP contribution in [-0.4, -0.2) is 5.11 Å². The van der Waals surface area contributed by atoms with Crippen LogP contribution in [0, 0.1) is 0 Å². The Hall–Kier alpha value is -0.980. The van der Waals surface area contributed by atoms with E-state index in [1.165, 1.54) is 50.5 Å². The van der Waals surface area contributed by atoms with Crippen LogP contribution < -0.4 is 0 Å². The molecule has 0 aliphatic rings. The molecule has 1 heteroatoms. The number of unbranched alkanes of at least 4 members (excludes halogenated alkanes) is 3. The highest BCUT2D eigenvalue weighted by Gasteiger charge is 2.11. The Labute approximate surface area is 106 Å². The molecule has 0 bridgehead atoms. The summed E-state index contributed by atoms with van der Waals surface area (Å²) in [5.74, 6) is 1.04. The maximum Gasteiger partial charge on any atom is 0.115 e. The molecular formula is C16H26O. The summed E-state index contributed by atoms with van der Waals surface area (Å²) in [6, 6.07) is 7.81. The van der Waals surface area contributed by atoms with Gasteiger partial charge in [-0.1, -0.05) is 58.1 Å². The Morgan fingerprint density at radius 1 is 1.00 bits per heavy atom. The summed E-state index contributed by atoms with van der Waals surface area (Å²) >= 11 is 0. The lowest BCUT2D eigenvalue weighted by molar-refractivity contribution is 0.469. The van der Waals surface area contributed by atoms with Crippen molar-refractivity contribution in [2.45, 2.75) is 64.7 Å². The van der Waals surface area contributed by atoms with Gasteiger partial charge in [0.15, 0.2) is 0 Å². The second-order valence-electron chi connectivity index (χ2n) is 4.93. The average molecular weight is 234 g/mol. The standard InChI is InChI=1S/C16H26O/c1-3-5-7-10-14(9-6-4-2)15-11-8-12-16(17)13-15/h8,11-14,17H,3-7,9-10H2,1-2H3. The molecule has 1 N–H and O–H groups in total. The lowest BCUT2D eigenvalue weighted by Gasteiger charge is -2.17. The van der Waals surface area contributed by atoms with Crippen molar-refractivity contribution in [1.29, 1.82) is 0 Å². The van der Waals surface area contributed by atoms with Crippen molar-refractivity contribution in [2.24, 2.45) is 0 Å². The molecule has 0 saturated heterocycles. The largest absolute Gasteiger partial charge is 0.508 e. The molecule has 1 atom stereocenters. The van der Waals surface area contributed by atoms with E-state index in [1.54, 1.807) is 6.07 Å². The molecule has 0 radical (unpaired) electrons. The Morgan fingerprint density at radius 3 is 2.35 bits per heavy atom. The highest BCUT2D eigenvalue weighted by Crippen LogP contribution is 2.29. The van der Waals surface area contributed by atoms with Gasteiger partial charge in [-0.2, -0.15) is 0 Å². The summed E-state index contributed by atoms with van der Waals surface area (Å²) in [4.78, 5) is 0. The van der Waals surface area contributed by atoms with Crippen molar-refractivity contribution in [3.8, 4) is 5.75 Å². The van der Waals surface area contributed by atoms with Gasteiger partial charge in [0.05, 0.1) is 0 Å². The van der Waals surface area contributed by atoms with Crippen molar-refractivity contribution in [3.63, 3.8) is 0 Å². The molecule has 0 spiro atoms. The molecule has 0 amide bonds. The maximum atomic E-state index is 9.56. The van der Waals surface area contributed by atoms with Gasteiger partial charge < -0.3 is 5.11 Å². The van der Waals surface area contributed by atoms with Crippen molar-refractivity contribution >= 4 is 0 Å². The third-order valence-electron chi connectivity index (χ3n) is 3.40. The van der Waals surface area contributed by atoms with Crippen LogP contribution in [0.4, 0.5) is 0 Å². The number of phenols is 1. The van der Waals surface area contributed by atoms with Gasteiger partial charge in [0.1, 0.15) is 5.75 Å². The lowest BCUT2D eigenvalue weighted by Crippen LogP contribution is -1.99. The van der Waals surface area contributed by atoms with E-state index < -0.39 is 0 Å². The number of hydrogen-bond donors (Lipinski definition) is 1. The topological polar surface area (TPSA) is 20.2 Å². The van der Waals surface area contributed by atoms with E-state index in [0.717, 1.165) is 0 Å². The third-order valence-corrected chi connectivity index (χ3v) is 3.40. The van der Waals surface area contributed by atoms with Gasteiger partial charge in [0.2, 0.25) is 0 Å². The minimum Gasteiger partial charge on any atom is -0.508 e. The van der Waals surface area contributed by atoms with Gasteiger partial charge >= 0.3 is 0 Å². The van der Waals surface area contributed by atoms with Crippen LogP contribution in [0.5, 0.6) is 5.75 Å². The first kappa shape index (κ1) is 14.1. The summed E-state index contributed by atoms with van der Waals surface area (Å²) in [6.07, 6.45) is 8.96. The number of phenolic OH excluding ortho intramolecular Hbond substituents is 1. The zero-order valence-corrected chi connectivity index (χ0v) is 11.3. The Bertz CT molecular complexity index is 306. The molecule has 1 nitrogen and oxygen atoms in total. The highest BCUT2D eigenvalue weighted by molar-refractivity contribution is 5.29. The monoisotopic (exact) mass is 234 g/mol. The Kier molecular flexibility index (Phi) is 6.76. The second-order valence-corrected chi connectivity index (χ2v) is 4.93. The predicted octanol–water partition coefficient (Wildman–Crippen LogP) is 5.25. The summed E-state index contributed by atoms with van der Waals surface area (Å²) < 4.78 is 0. The second kappa shape index (κ2) is 8.16. The molecule has 1 aromatic carbocycles. The molecule has 17 heavy (non-hydrogen) atoms. The van der Waals surface area contributed by atoms with Crippen LogP contribution in [-0.2, 0) is 0 Å². The molecule has 0 fully saturated rings. The molecule has 0 aliphatic heterocycles. The van der Waals surface area contributed by atoms with E-state index in [4.69, 9.17) is 0 Å². The minimum absolute atomic E-state index is 0.402. The highest BCUT2D eigenvalue weighted by atomic mass is 16.3. The van der Waals surface area contributed by atoms with Gasteiger partial charge in [0, 0.05) is 0 Å². The van der Waals surface area contributed by atoms with Crippen LogP contribution in [0.2, 0.25) is 0 Å². The zero-order chi connectivity index (χ0) is 12.5. The summed E-state index contributed by atoms with van der Waals surface area (Å²) in [6.45, 7) is 4.49. The number of aromatic hydroxyl groups is 1. The van der Waals surface area contributed by atoms with Crippen LogP contribution >= 0.6 is 0 Å². The first-order chi connectivity index (χ1) is 8.27. The predicted molar refractivity (Wildman–Crippen MR) is 74.5 cm³/mol. The average Bonchev–Trinajstić information content (AvgIpc) is 2.33. The van der Waals surface area contributed by atoms with Crippen molar-refractivity contribution in [1.82, 2.24) is 0 Å². The van der Waals surface area contributed by atoms with Crippen LogP contribution in [0.1, 0.15) is 70.3 Å². The fourth-order valence-corrected chi connectivity index (χ4v) is 2.35. The fourth-order valence-electron chi connectivity index (χ4n) is 2.35. The van der Waals surface area contributed by atoms with Crippen molar-refractivity contribution < 1.29 is 5.11 Å². The van der Waals surface area contributed by atoms with E-state index in [2.05, 4.69) is 19.9 Å². The number of benzene rings is 1. The van der Waals surface area contributed by atoms with Crippen LogP contribution in [0.3, 0.4) is 0 Å². The summed E-state index contributed by atoms with van der Waals surface area (Å²) in [5, 5.41) is 9.56. The quantitative estimate of drug-likeness (QED) is 0.609. The zero-order valence-electron chi connectivity index (χ0n) is 11.3. The molecular weight excluding hydrogens is 208 g/mol. The van der Waals surface area contributed by atoms with Crippen molar-refractivity contribution in [3.05, 3.63) is 29.8 Å². The molecule has 96 valence electrons. The fraction of sp³-hybridized carbons (Fsp3) is 0.625. The first-order valence-electron chi connectivity index (χ1n) is 7.06. The Morgan fingerprint density at radius 2 is 1.71 bits per heavy atom. The molecule has 0 heterocycles. The van der Waals surface area contributed by atoms with E-state index in [0.29, 0.717) is 11.7 Å². The van der Waals surface area contributed by atoms with Gasteiger partial charge in [-0.3, -0.25) is 0 Å². The van der Waals surface area contributed by atoms with Gasteiger partial charge in [0.25, 0.3) is 0 Å². The number of rotatable bonds is 8. The normalized spacial score (nSPS) is 12.6. The molecule has 0 aromatic heterocycles. The SMILES string of the molecule is CCCCCC(CCCC)c1cccc(O)c1. The first-order valence-corrected chi connectivity index (χ1v) is 7.06. The van der Waals surface area contributed by atoms with Gasteiger partial charge in [-0.25, -0.2) is 0 Å². The molecule has 1 rings (SSSR count). The van der Waals surface area contributed by atoms with Gasteiger partial charge in [-0.15, -0.1) is 0 Å². The maximum absolute atomic E-state index is 9.56. The van der Waals surface area contributed by atoms with E-state index in [1.807, 2.05) is 12.1 Å². The molecule has 0 saturated carbocycles. The van der Waals surface area contributed by atoms with E-state index in [-0.39, 0.29) is 0 Å². The third kappa shape index (κ3) is 5.25. The van der Waals surface area contributed by atoms with Crippen molar-refractivity contribution in [2.75, 3.05) is 0 Å². The minimum atomic E-state index is 0.402. The van der Waals surface area contributed by atoms with E-state index in [9.17, 15) is 5.11 Å².